The normalized spacial score (nSPS) is 40.4. The minimum absolute atomic E-state index is 0.00324. The Balaban J connectivity index is 2.98. The predicted octanol–water partition coefficient (Wildman–Crippen LogP) is 2.80. The van der Waals surface area contributed by atoms with Gasteiger partial charge in [-0.15, -0.1) is 0 Å². The van der Waals surface area contributed by atoms with Gasteiger partial charge in [-0.25, -0.2) is 4.79 Å². The van der Waals surface area contributed by atoms with Gasteiger partial charge in [0, 0.05) is 24.3 Å². The minimum Gasteiger partial charge on any atom is -0.458 e. The van der Waals surface area contributed by atoms with Gasteiger partial charge in [-0.2, -0.15) is 0 Å². The van der Waals surface area contributed by atoms with Crippen LogP contribution >= 0.6 is 0 Å². The molecule has 0 saturated carbocycles. The summed E-state index contributed by atoms with van der Waals surface area (Å²) >= 11 is 0. The second kappa shape index (κ2) is 23.0. The lowest BCUT2D eigenvalue weighted by Crippen LogP contribution is -2.34. The number of hydrogen-bond acceptors (Lipinski definition) is 10. The van der Waals surface area contributed by atoms with Crippen LogP contribution in [0.5, 0.6) is 0 Å². The summed E-state index contributed by atoms with van der Waals surface area (Å²) in [6.07, 6.45) is 11.3. The molecule has 0 aromatic heterocycles. The molecule has 11 atom stereocenters. The van der Waals surface area contributed by atoms with Gasteiger partial charge < -0.3 is 45.6 Å². The number of esters is 1. The quantitative estimate of drug-likeness (QED) is 0.155. The fraction of sp³-hybridized carbons (Fsp3) is 0.639. The molecule has 0 bridgehead atoms. The van der Waals surface area contributed by atoms with Crippen molar-refractivity contribution >= 4 is 5.97 Å². The van der Waals surface area contributed by atoms with E-state index >= 15 is 0 Å². The smallest absolute Gasteiger partial charge is 0.331 e. The monoisotopic (exact) mass is 650 g/mol. The molecule has 1 aliphatic heterocycles. The molecule has 10 heteroatoms. The van der Waals surface area contributed by atoms with Crippen molar-refractivity contribution in [3.05, 3.63) is 72.9 Å². The fourth-order valence-corrected chi connectivity index (χ4v) is 5.31. The molecule has 0 amide bonds. The summed E-state index contributed by atoms with van der Waals surface area (Å²) < 4.78 is 5.65. The van der Waals surface area contributed by atoms with Crippen molar-refractivity contribution in [3.8, 4) is 0 Å². The van der Waals surface area contributed by atoms with Crippen LogP contribution in [0.2, 0.25) is 0 Å². The summed E-state index contributed by atoms with van der Waals surface area (Å²) in [6.45, 7) is 7.40. The maximum absolute atomic E-state index is 12.4. The first-order valence-electron chi connectivity index (χ1n) is 16.4. The highest BCUT2D eigenvalue weighted by atomic mass is 16.5. The van der Waals surface area contributed by atoms with Crippen molar-refractivity contribution in [1.29, 1.82) is 0 Å². The number of rotatable bonds is 1. The molecule has 0 fully saturated rings. The second-order valence-electron chi connectivity index (χ2n) is 12.8. The van der Waals surface area contributed by atoms with Gasteiger partial charge in [-0.3, -0.25) is 0 Å². The van der Waals surface area contributed by atoms with E-state index in [0.29, 0.717) is 6.42 Å². The van der Waals surface area contributed by atoms with Crippen molar-refractivity contribution in [3.63, 3.8) is 0 Å². The molecular formula is C36H58O10. The van der Waals surface area contributed by atoms with Crippen molar-refractivity contribution in [2.75, 3.05) is 0 Å². The van der Waals surface area contributed by atoms with Crippen LogP contribution in [0, 0.1) is 17.8 Å². The van der Waals surface area contributed by atoms with Crippen LogP contribution in [-0.2, 0) is 9.53 Å². The third kappa shape index (κ3) is 18.7. The maximum Gasteiger partial charge on any atom is 0.331 e. The van der Waals surface area contributed by atoms with Gasteiger partial charge in [0.15, 0.2) is 0 Å². The Kier molecular flexibility index (Phi) is 20.8. The lowest BCUT2D eigenvalue weighted by Gasteiger charge is -2.26. The first kappa shape index (κ1) is 41.6. The van der Waals surface area contributed by atoms with E-state index in [1.54, 1.807) is 67.7 Å². The molecule has 0 aliphatic carbocycles. The van der Waals surface area contributed by atoms with Gasteiger partial charge in [0.05, 0.1) is 48.8 Å². The summed E-state index contributed by atoms with van der Waals surface area (Å²) in [5.74, 6) is -1.25. The Hall–Kier alpha value is -2.41. The van der Waals surface area contributed by atoms with E-state index in [1.807, 2.05) is 20.8 Å². The summed E-state index contributed by atoms with van der Waals surface area (Å²) in [7, 11) is 0. The fourth-order valence-electron chi connectivity index (χ4n) is 5.31. The number of aliphatic hydroxyl groups is 8. The molecule has 0 unspecified atom stereocenters. The SMILES string of the molecule is CC(C)[C@@H]1OC(=O)\C=C/C=C/C=C/C=C/C=C/C[C@H](O)[C@H](C)[C@H](O)C[C@H](O)C[C@H](O)C[C@@H](O)C[C@H](O)C[C@@H](O)C[C@@H](O)/C=C/[C@@H]1C. The summed E-state index contributed by atoms with van der Waals surface area (Å²) in [5.41, 5.74) is 0. The molecule has 46 heavy (non-hydrogen) atoms. The third-order valence-electron chi connectivity index (χ3n) is 8.01. The van der Waals surface area contributed by atoms with Crippen molar-refractivity contribution in [2.24, 2.45) is 17.8 Å². The highest BCUT2D eigenvalue weighted by Crippen LogP contribution is 2.22. The standard InChI is InChI=1S/C36H58O10/c1-24(2)36-25(3)16-17-27(37)18-28(38)19-29(39)20-30(40)21-31(41)22-32(42)23-34(44)26(4)33(43)14-12-10-8-6-5-7-9-11-13-15-35(45)46-36/h5-13,15-17,24-34,36-44H,14,18-23H2,1-4H3/b7-5+,8-6+,11-9+,12-10+,15-13-,17-16+/t25-,26-,27-,28-,29+,30-,31+,32+,33-,34+,36-/m0/s1. The number of hydrogen-bond donors (Lipinski definition) is 8. The third-order valence-corrected chi connectivity index (χ3v) is 8.01. The van der Waals surface area contributed by atoms with Gasteiger partial charge in [-0.05, 0) is 44.4 Å². The average Bonchev–Trinajstić information content (AvgIpc) is 2.95. The van der Waals surface area contributed by atoms with E-state index in [4.69, 9.17) is 4.74 Å². The molecule has 10 nitrogen and oxygen atoms in total. The van der Waals surface area contributed by atoms with Crippen molar-refractivity contribution < 1.29 is 50.4 Å². The minimum atomic E-state index is -1.10. The number of aliphatic hydroxyl groups excluding tert-OH is 8. The Morgan fingerprint density at radius 2 is 1.07 bits per heavy atom. The zero-order valence-corrected chi connectivity index (χ0v) is 27.7. The highest BCUT2D eigenvalue weighted by Gasteiger charge is 2.27. The van der Waals surface area contributed by atoms with E-state index in [9.17, 15) is 45.6 Å². The van der Waals surface area contributed by atoms with Crippen LogP contribution in [-0.4, -0.2) is 102 Å². The van der Waals surface area contributed by atoms with Crippen LogP contribution in [0.4, 0.5) is 0 Å². The number of carbonyl (C=O) groups is 1. The van der Waals surface area contributed by atoms with E-state index in [1.165, 1.54) is 12.2 Å². The Morgan fingerprint density at radius 1 is 0.609 bits per heavy atom. The first-order chi connectivity index (χ1) is 21.7. The van der Waals surface area contributed by atoms with Gasteiger partial charge in [0.25, 0.3) is 0 Å². The molecule has 1 heterocycles. The summed E-state index contributed by atoms with van der Waals surface area (Å²) in [5, 5.41) is 83.2. The number of ether oxygens (including phenoxy) is 1. The molecule has 1 rings (SSSR count). The molecule has 8 N–H and O–H groups in total. The predicted molar refractivity (Wildman–Crippen MR) is 178 cm³/mol. The molecule has 0 aromatic carbocycles. The Morgan fingerprint density at radius 3 is 1.59 bits per heavy atom. The Bertz CT molecular complexity index is 1020. The number of allylic oxidation sites excluding steroid dienone is 8. The van der Waals surface area contributed by atoms with E-state index in [0.717, 1.165) is 0 Å². The lowest BCUT2D eigenvalue weighted by molar-refractivity contribution is -0.147. The summed E-state index contributed by atoms with van der Waals surface area (Å²) in [4.78, 5) is 12.4. The van der Waals surface area contributed by atoms with Crippen molar-refractivity contribution in [1.82, 2.24) is 0 Å². The van der Waals surface area contributed by atoms with Gasteiger partial charge in [0.2, 0.25) is 0 Å². The first-order valence-corrected chi connectivity index (χ1v) is 16.4. The summed E-state index contributed by atoms with van der Waals surface area (Å²) in [6, 6.07) is 0. The van der Waals surface area contributed by atoms with Gasteiger partial charge >= 0.3 is 5.97 Å². The Labute approximate surface area is 274 Å². The molecule has 1 aliphatic rings. The topological polar surface area (TPSA) is 188 Å². The van der Waals surface area contributed by atoms with Crippen molar-refractivity contribution in [2.45, 2.75) is 128 Å². The molecule has 0 aromatic rings. The zero-order valence-electron chi connectivity index (χ0n) is 27.7. The van der Waals surface area contributed by atoms with Crippen LogP contribution < -0.4 is 0 Å². The average molecular weight is 651 g/mol. The molecule has 0 spiro atoms. The maximum atomic E-state index is 12.4. The van der Waals surface area contributed by atoms with Crippen LogP contribution in [0.1, 0.15) is 72.6 Å². The molecule has 0 saturated heterocycles. The van der Waals surface area contributed by atoms with Crippen LogP contribution in [0.25, 0.3) is 0 Å². The molecular weight excluding hydrogens is 592 g/mol. The van der Waals surface area contributed by atoms with E-state index in [-0.39, 0.29) is 50.4 Å². The van der Waals surface area contributed by atoms with Gasteiger partial charge in [-0.1, -0.05) is 94.5 Å². The van der Waals surface area contributed by atoms with Crippen LogP contribution in [0.15, 0.2) is 72.9 Å². The molecule has 262 valence electrons. The van der Waals surface area contributed by atoms with E-state index in [2.05, 4.69) is 0 Å². The number of carbonyl (C=O) groups excluding carboxylic acids is 1. The van der Waals surface area contributed by atoms with Gasteiger partial charge in [0.1, 0.15) is 6.10 Å². The second-order valence-corrected chi connectivity index (χ2v) is 12.8. The largest absolute Gasteiger partial charge is 0.458 e. The van der Waals surface area contributed by atoms with Crippen LogP contribution in [0.3, 0.4) is 0 Å². The highest BCUT2D eigenvalue weighted by molar-refractivity contribution is 5.82. The lowest BCUT2D eigenvalue weighted by atomic mass is 9.90. The molecule has 0 radical (unpaired) electrons. The number of cyclic esters (lactones) is 1. The zero-order chi connectivity index (χ0) is 34.6. The van der Waals surface area contributed by atoms with E-state index < -0.39 is 66.8 Å².